The third kappa shape index (κ3) is 1.91. The van der Waals surface area contributed by atoms with Gasteiger partial charge in [-0.05, 0) is 23.8 Å². The van der Waals surface area contributed by atoms with Gasteiger partial charge in [0.15, 0.2) is 11.6 Å². The molecule has 1 heterocycles. The molecule has 2 aromatic rings. The molecule has 0 radical (unpaired) electrons. The molecular formula is C15H9F2NO. The van der Waals surface area contributed by atoms with Gasteiger partial charge in [-0.15, -0.1) is 0 Å². The van der Waals surface area contributed by atoms with E-state index in [1.165, 1.54) is 6.07 Å². The number of carbonyl (C=O) groups excluding carboxylic acids is 1. The largest absolute Gasteiger partial charge is 0.321 e. The van der Waals surface area contributed by atoms with Crippen molar-refractivity contribution in [1.29, 1.82) is 0 Å². The average Bonchev–Trinajstić information content (AvgIpc) is 2.73. The molecule has 4 heteroatoms. The zero-order valence-corrected chi connectivity index (χ0v) is 9.78. The Morgan fingerprint density at radius 1 is 1.00 bits per heavy atom. The molecule has 3 rings (SSSR count). The van der Waals surface area contributed by atoms with Gasteiger partial charge in [0.25, 0.3) is 5.91 Å². The molecule has 0 bridgehead atoms. The van der Waals surface area contributed by atoms with Gasteiger partial charge in [-0.3, -0.25) is 4.79 Å². The molecule has 0 atom stereocenters. The number of hydrogen-bond acceptors (Lipinski definition) is 1. The van der Waals surface area contributed by atoms with Crippen LogP contribution in [0.4, 0.5) is 14.5 Å². The summed E-state index contributed by atoms with van der Waals surface area (Å²) in [5.74, 6) is -2.39. The Bertz CT molecular complexity index is 693. The summed E-state index contributed by atoms with van der Waals surface area (Å²) in [6, 6.07) is 11.4. The standard InChI is InChI=1S/C15H9F2NO/c16-11-6-7-12-13(14(11)17)10(15(19)18-12)8-9-4-2-1-3-5-9/h1-8H,(H,18,19)/b10-8-. The van der Waals surface area contributed by atoms with Crippen molar-refractivity contribution < 1.29 is 13.6 Å². The third-order valence-corrected chi connectivity index (χ3v) is 2.97. The summed E-state index contributed by atoms with van der Waals surface area (Å²) in [6.45, 7) is 0. The summed E-state index contributed by atoms with van der Waals surface area (Å²) in [5.41, 5.74) is 1.18. The lowest BCUT2D eigenvalue weighted by atomic mass is 10.0. The molecule has 0 aliphatic carbocycles. The quantitative estimate of drug-likeness (QED) is 0.779. The maximum Gasteiger partial charge on any atom is 0.256 e. The van der Waals surface area contributed by atoms with Crippen LogP contribution in [0.15, 0.2) is 42.5 Å². The number of anilines is 1. The van der Waals surface area contributed by atoms with Crippen molar-refractivity contribution in [3.05, 3.63) is 65.2 Å². The van der Waals surface area contributed by atoms with E-state index in [0.29, 0.717) is 5.69 Å². The number of halogens is 2. The van der Waals surface area contributed by atoms with Crippen LogP contribution in [-0.4, -0.2) is 5.91 Å². The van der Waals surface area contributed by atoms with Crippen molar-refractivity contribution in [2.75, 3.05) is 5.32 Å². The molecule has 0 fully saturated rings. The second-order valence-corrected chi connectivity index (χ2v) is 4.21. The van der Waals surface area contributed by atoms with Crippen molar-refractivity contribution in [3.63, 3.8) is 0 Å². The van der Waals surface area contributed by atoms with Gasteiger partial charge < -0.3 is 5.32 Å². The minimum absolute atomic E-state index is 0.00569. The lowest BCUT2D eigenvalue weighted by molar-refractivity contribution is -0.110. The molecule has 2 aromatic carbocycles. The van der Waals surface area contributed by atoms with E-state index < -0.39 is 17.5 Å². The summed E-state index contributed by atoms with van der Waals surface area (Å²) < 4.78 is 27.1. The second kappa shape index (κ2) is 4.31. The van der Waals surface area contributed by atoms with Gasteiger partial charge in [0.2, 0.25) is 0 Å². The first-order valence-corrected chi connectivity index (χ1v) is 5.73. The smallest absolute Gasteiger partial charge is 0.256 e. The van der Waals surface area contributed by atoms with Crippen LogP contribution in [0.1, 0.15) is 11.1 Å². The Kier molecular flexibility index (Phi) is 2.63. The molecule has 94 valence electrons. The molecule has 19 heavy (non-hydrogen) atoms. The Balaban J connectivity index is 2.18. The Morgan fingerprint density at radius 3 is 2.47 bits per heavy atom. The number of benzene rings is 2. The Morgan fingerprint density at radius 2 is 1.74 bits per heavy atom. The number of amides is 1. The predicted octanol–water partition coefficient (Wildman–Crippen LogP) is 3.46. The van der Waals surface area contributed by atoms with E-state index in [0.717, 1.165) is 11.6 Å². The van der Waals surface area contributed by atoms with Gasteiger partial charge in [0.1, 0.15) is 0 Å². The molecule has 0 spiro atoms. The highest BCUT2D eigenvalue weighted by atomic mass is 19.2. The van der Waals surface area contributed by atoms with E-state index in [1.807, 2.05) is 18.2 Å². The predicted molar refractivity (Wildman–Crippen MR) is 69.3 cm³/mol. The molecule has 0 saturated carbocycles. The highest BCUT2D eigenvalue weighted by molar-refractivity contribution is 6.35. The molecule has 1 N–H and O–H groups in total. The van der Waals surface area contributed by atoms with E-state index in [4.69, 9.17) is 0 Å². The van der Waals surface area contributed by atoms with E-state index >= 15 is 0 Å². The van der Waals surface area contributed by atoms with E-state index in [9.17, 15) is 13.6 Å². The summed E-state index contributed by atoms with van der Waals surface area (Å²) in [5, 5.41) is 2.52. The van der Waals surface area contributed by atoms with Crippen LogP contribution in [0, 0.1) is 11.6 Å². The van der Waals surface area contributed by atoms with Gasteiger partial charge in [-0.1, -0.05) is 30.3 Å². The van der Waals surface area contributed by atoms with Crippen molar-refractivity contribution in [1.82, 2.24) is 0 Å². The van der Waals surface area contributed by atoms with Crippen molar-refractivity contribution in [2.24, 2.45) is 0 Å². The fraction of sp³-hybridized carbons (Fsp3) is 0. The first kappa shape index (κ1) is 11.6. The van der Waals surface area contributed by atoms with Crippen molar-refractivity contribution in [2.45, 2.75) is 0 Å². The van der Waals surface area contributed by atoms with E-state index in [2.05, 4.69) is 5.32 Å². The summed E-state index contributed by atoms with van der Waals surface area (Å²) in [6.07, 6.45) is 1.55. The molecule has 0 saturated heterocycles. The van der Waals surface area contributed by atoms with Crippen LogP contribution in [0.2, 0.25) is 0 Å². The number of nitrogens with one attached hydrogen (secondary N) is 1. The second-order valence-electron chi connectivity index (χ2n) is 4.21. The minimum Gasteiger partial charge on any atom is -0.321 e. The van der Waals surface area contributed by atoms with Crippen molar-refractivity contribution >= 4 is 23.2 Å². The Hall–Kier alpha value is -2.49. The number of fused-ring (bicyclic) bond motifs is 1. The van der Waals surface area contributed by atoms with Crippen LogP contribution < -0.4 is 5.32 Å². The third-order valence-electron chi connectivity index (χ3n) is 2.97. The average molecular weight is 257 g/mol. The molecule has 1 aliphatic rings. The molecular weight excluding hydrogens is 248 g/mol. The zero-order valence-electron chi connectivity index (χ0n) is 9.78. The first-order chi connectivity index (χ1) is 9.16. The number of rotatable bonds is 1. The van der Waals surface area contributed by atoms with E-state index in [-0.39, 0.29) is 11.1 Å². The lowest BCUT2D eigenvalue weighted by Gasteiger charge is -2.01. The summed E-state index contributed by atoms with van der Waals surface area (Å²) in [7, 11) is 0. The van der Waals surface area contributed by atoms with Crippen LogP contribution in [0.25, 0.3) is 11.6 Å². The van der Waals surface area contributed by atoms with Gasteiger partial charge >= 0.3 is 0 Å². The van der Waals surface area contributed by atoms with Crippen LogP contribution in [0.3, 0.4) is 0 Å². The van der Waals surface area contributed by atoms with Gasteiger partial charge in [-0.25, -0.2) is 8.78 Å². The topological polar surface area (TPSA) is 29.1 Å². The van der Waals surface area contributed by atoms with Crippen LogP contribution in [0.5, 0.6) is 0 Å². The van der Waals surface area contributed by atoms with Crippen molar-refractivity contribution in [3.8, 4) is 0 Å². The maximum absolute atomic E-state index is 13.8. The molecule has 1 aliphatic heterocycles. The maximum atomic E-state index is 13.8. The van der Waals surface area contributed by atoms with Gasteiger partial charge in [0, 0.05) is 5.56 Å². The normalized spacial score (nSPS) is 15.5. The number of carbonyl (C=O) groups is 1. The minimum atomic E-state index is -1.00. The van der Waals surface area contributed by atoms with Gasteiger partial charge in [-0.2, -0.15) is 0 Å². The lowest BCUT2D eigenvalue weighted by Crippen LogP contribution is -2.03. The summed E-state index contributed by atoms with van der Waals surface area (Å²) in [4.78, 5) is 11.8. The van der Waals surface area contributed by atoms with Gasteiger partial charge in [0.05, 0.1) is 11.3 Å². The summed E-state index contributed by atoms with van der Waals surface area (Å²) >= 11 is 0. The Labute approximate surface area is 108 Å². The van der Waals surface area contributed by atoms with E-state index in [1.54, 1.807) is 18.2 Å². The van der Waals surface area contributed by atoms with Crippen LogP contribution in [-0.2, 0) is 4.79 Å². The highest BCUT2D eigenvalue weighted by Crippen LogP contribution is 2.35. The zero-order chi connectivity index (χ0) is 13.4. The molecule has 0 aromatic heterocycles. The molecule has 2 nitrogen and oxygen atoms in total. The first-order valence-electron chi connectivity index (χ1n) is 5.73. The fourth-order valence-corrected chi connectivity index (χ4v) is 2.07. The monoisotopic (exact) mass is 257 g/mol. The SMILES string of the molecule is O=C1Nc2ccc(F)c(F)c2/C1=C/c1ccccc1. The van der Waals surface area contributed by atoms with Crippen LogP contribution >= 0.6 is 0 Å². The number of hydrogen-bond donors (Lipinski definition) is 1. The fourth-order valence-electron chi connectivity index (χ4n) is 2.07. The molecule has 1 amide bonds. The highest BCUT2D eigenvalue weighted by Gasteiger charge is 2.29. The molecule has 0 unspecified atom stereocenters.